The van der Waals surface area contributed by atoms with E-state index >= 15 is 0 Å². The monoisotopic (exact) mass is 378 g/mol. The quantitative estimate of drug-likeness (QED) is 0.454. The molecule has 28 heavy (non-hydrogen) atoms. The molecule has 0 amide bonds. The minimum Gasteiger partial charge on any atom is -0.497 e. The van der Waals surface area contributed by atoms with Crippen molar-refractivity contribution in [3.63, 3.8) is 0 Å². The summed E-state index contributed by atoms with van der Waals surface area (Å²) < 4.78 is 16.5. The van der Waals surface area contributed by atoms with Gasteiger partial charge in [0.1, 0.15) is 17.6 Å². The molecule has 0 radical (unpaired) electrons. The van der Waals surface area contributed by atoms with Crippen molar-refractivity contribution in [1.29, 1.82) is 0 Å². The van der Waals surface area contributed by atoms with Gasteiger partial charge in [0.25, 0.3) is 0 Å². The van der Waals surface area contributed by atoms with E-state index in [-0.39, 0.29) is 18.0 Å². The lowest BCUT2D eigenvalue weighted by molar-refractivity contribution is -0.139. The third-order valence-electron chi connectivity index (χ3n) is 5.73. The average molecular weight is 378 g/mol. The number of esters is 2. The number of aryl methyl sites for hydroxylation is 1. The molecule has 0 bridgehead atoms. The van der Waals surface area contributed by atoms with E-state index in [1.54, 1.807) is 31.4 Å². The molecule has 2 atom stereocenters. The summed E-state index contributed by atoms with van der Waals surface area (Å²) in [7, 11) is 1.55. The van der Waals surface area contributed by atoms with Crippen LogP contribution < -0.4 is 9.47 Å². The van der Waals surface area contributed by atoms with Crippen molar-refractivity contribution in [2.24, 2.45) is 5.92 Å². The van der Waals surface area contributed by atoms with Crippen LogP contribution in [0, 0.1) is 19.8 Å². The predicted octanol–water partition coefficient (Wildman–Crippen LogP) is 4.25. The molecular weight excluding hydrogens is 356 g/mol. The first-order valence-corrected chi connectivity index (χ1v) is 9.29. The second kappa shape index (κ2) is 6.82. The lowest BCUT2D eigenvalue weighted by Gasteiger charge is -2.30. The van der Waals surface area contributed by atoms with Crippen molar-refractivity contribution in [2.45, 2.75) is 32.8 Å². The molecule has 5 heteroatoms. The molecule has 0 saturated carbocycles. The zero-order valence-electron chi connectivity index (χ0n) is 16.2. The van der Waals surface area contributed by atoms with E-state index in [4.69, 9.17) is 14.2 Å². The van der Waals surface area contributed by atoms with Crippen LogP contribution in [-0.2, 0) is 16.0 Å². The lowest BCUT2D eigenvalue weighted by atomic mass is 9.76. The molecule has 1 heterocycles. The van der Waals surface area contributed by atoms with Gasteiger partial charge in [0, 0.05) is 17.1 Å². The standard InChI is InChI=1S/C23H22O5/c1-12-10-19(27-23(25)15-6-5-7-16(11-15)26-4)14(3)20-17(12)8-9-18-13(2)22(24)28-21(18)20/h5-7,10-11,18,21H,2,8-9H2,1,3-4H3. The Morgan fingerprint density at radius 2 is 2.04 bits per heavy atom. The van der Waals surface area contributed by atoms with E-state index < -0.39 is 5.97 Å². The molecule has 4 rings (SSSR count). The fourth-order valence-electron chi connectivity index (χ4n) is 4.19. The van der Waals surface area contributed by atoms with Gasteiger partial charge in [-0.1, -0.05) is 12.6 Å². The Hall–Kier alpha value is -3.08. The van der Waals surface area contributed by atoms with E-state index in [1.165, 1.54) is 5.56 Å². The molecule has 0 spiro atoms. The molecule has 1 aliphatic heterocycles. The van der Waals surface area contributed by atoms with E-state index in [9.17, 15) is 9.59 Å². The first-order chi connectivity index (χ1) is 13.4. The molecule has 5 nitrogen and oxygen atoms in total. The number of benzene rings is 2. The minimum absolute atomic E-state index is 0.0116. The van der Waals surface area contributed by atoms with Gasteiger partial charge < -0.3 is 14.2 Å². The van der Waals surface area contributed by atoms with Crippen molar-refractivity contribution in [3.8, 4) is 11.5 Å². The number of carbonyl (C=O) groups is 2. The molecule has 1 saturated heterocycles. The van der Waals surface area contributed by atoms with Crippen molar-refractivity contribution in [2.75, 3.05) is 7.11 Å². The summed E-state index contributed by atoms with van der Waals surface area (Å²) in [5.74, 6) is 0.271. The van der Waals surface area contributed by atoms with Crippen molar-refractivity contribution in [1.82, 2.24) is 0 Å². The fourth-order valence-corrected chi connectivity index (χ4v) is 4.19. The highest BCUT2D eigenvalue weighted by Gasteiger charge is 2.44. The summed E-state index contributed by atoms with van der Waals surface area (Å²) in [5.41, 5.74) is 4.92. The van der Waals surface area contributed by atoms with Gasteiger partial charge in [-0.25, -0.2) is 9.59 Å². The van der Waals surface area contributed by atoms with Crippen molar-refractivity contribution < 1.29 is 23.8 Å². The normalized spacial score (nSPS) is 20.2. The fraction of sp³-hybridized carbons (Fsp3) is 0.304. The zero-order chi connectivity index (χ0) is 20.0. The molecule has 1 aliphatic carbocycles. The van der Waals surface area contributed by atoms with Crippen LogP contribution >= 0.6 is 0 Å². The third-order valence-corrected chi connectivity index (χ3v) is 5.73. The van der Waals surface area contributed by atoms with E-state index in [1.807, 2.05) is 19.9 Å². The molecule has 0 N–H and O–H groups in total. The summed E-state index contributed by atoms with van der Waals surface area (Å²) >= 11 is 0. The van der Waals surface area contributed by atoms with Gasteiger partial charge >= 0.3 is 11.9 Å². The van der Waals surface area contributed by atoms with Crippen LogP contribution in [0.5, 0.6) is 11.5 Å². The van der Waals surface area contributed by atoms with E-state index in [0.717, 1.165) is 29.5 Å². The highest BCUT2D eigenvalue weighted by molar-refractivity contribution is 5.92. The van der Waals surface area contributed by atoms with Gasteiger partial charge in [0.15, 0.2) is 0 Å². The van der Waals surface area contributed by atoms with Crippen molar-refractivity contribution >= 4 is 11.9 Å². The first-order valence-electron chi connectivity index (χ1n) is 9.29. The van der Waals surface area contributed by atoms with Gasteiger partial charge in [0.2, 0.25) is 0 Å². The maximum absolute atomic E-state index is 12.7. The van der Waals surface area contributed by atoms with Crippen LogP contribution in [0.4, 0.5) is 0 Å². The molecule has 1 fully saturated rings. The Kier molecular flexibility index (Phi) is 4.46. The lowest BCUT2D eigenvalue weighted by Crippen LogP contribution is -2.21. The highest BCUT2D eigenvalue weighted by Crippen LogP contribution is 2.49. The maximum atomic E-state index is 12.7. The largest absolute Gasteiger partial charge is 0.497 e. The molecule has 2 aromatic rings. The van der Waals surface area contributed by atoms with Crippen LogP contribution in [-0.4, -0.2) is 19.0 Å². The van der Waals surface area contributed by atoms with Gasteiger partial charge in [0.05, 0.1) is 12.7 Å². The average Bonchev–Trinajstić information content (AvgIpc) is 2.99. The smallest absolute Gasteiger partial charge is 0.343 e. The second-order valence-electron chi connectivity index (χ2n) is 7.33. The Morgan fingerprint density at radius 1 is 1.25 bits per heavy atom. The molecule has 144 valence electrons. The topological polar surface area (TPSA) is 61.8 Å². The number of carbonyl (C=O) groups excluding carboxylic acids is 2. The Bertz CT molecular complexity index is 1000. The minimum atomic E-state index is -0.457. The molecule has 2 aromatic carbocycles. The van der Waals surface area contributed by atoms with Gasteiger partial charge in [-0.2, -0.15) is 0 Å². The van der Waals surface area contributed by atoms with Crippen LogP contribution in [0.2, 0.25) is 0 Å². The summed E-state index contributed by atoms with van der Waals surface area (Å²) in [6.07, 6.45) is 1.34. The maximum Gasteiger partial charge on any atom is 0.343 e. The predicted molar refractivity (Wildman–Crippen MR) is 104 cm³/mol. The number of fused-ring (bicyclic) bond motifs is 3. The third kappa shape index (κ3) is 2.87. The summed E-state index contributed by atoms with van der Waals surface area (Å²) in [5, 5.41) is 0. The Balaban J connectivity index is 1.71. The van der Waals surface area contributed by atoms with E-state index in [2.05, 4.69) is 6.58 Å². The number of hydrogen-bond acceptors (Lipinski definition) is 5. The highest BCUT2D eigenvalue weighted by atomic mass is 16.6. The molecule has 2 aliphatic rings. The molecule has 0 aromatic heterocycles. The number of ether oxygens (including phenoxy) is 3. The Labute approximate surface area is 163 Å². The summed E-state index contributed by atoms with van der Waals surface area (Å²) in [6.45, 7) is 7.80. The zero-order valence-corrected chi connectivity index (χ0v) is 16.2. The summed E-state index contributed by atoms with van der Waals surface area (Å²) in [4.78, 5) is 24.7. The number of rotatable bonds is 3. The van der Waals surface area contributed by atoms with Gasteiger partial charge in [-0.05, 0) is 67.6 Å². The van der Waals surface area contributed by atoms with Crippen LogP contribution in [0.3, 0.4) is 0 Å². The number of methoxy groups -OCH3 is 1. The van der Waals surface area contributed by atoms with Gasteiger partial charge in [-0.3, -0.25) is 0 Å². The van der Waals surface area contributed by atoms with Crippen LogP contribution in [0.15, 0.2) is 42.5 Å². The van der Waals surface area contributed by atoms with Crippen LogP contribution in [0.25, 0.3) is 0 Å². The SMILES string of the molecule is C=C1C(=O)OC2c3c(C)c(OC(=O)c4cccc(OC)c4)cc(C)c3CCC12. The summed E-state index contributed by atoms with van der Waals surface area (Å²) in [6, 6.07) is 8.73. The Morgan fingerprint density at radius 3 is 2.79 bits per heavy atom. The molecule has 2 unspecified atom stereocenters. The first kappa shape index (κ1) is 18.3. The number of hydrogen-bond donors (Lipinski definition) is 0. The molecular formula is C23H22O5. The van der Waals surface area contributed by atoms with Crippen molar-refractivity contribution in [3.05, 3.63) is 70.3 Å². The second-order valence-corrected chi connectivity index (χ2v) is 7.33. The van der Waals surface area contributed by atoms with Crippen LogP contribution in [0.1, 0.15) is 45.1 Å². The van der Waals surface area contributed by atoms with E-state index in [0.29, 0.717) is 22.6 Å². The van der Waals surface area contributed by atoms with Gasteiger partial charge in [-0.15, -0.1) is 0 Å².